The van der Waals surface area contributed by atoms with Gasteiger partial charge >= 0.3 is 0 Å². The number of hydrogen-bond donors (Lipinski definition) is 0. The summed E-state index contributed by atoms with van der Waals surface area (Å²) < 4.78 is 16.6. The van der Waals surface area contributed by atoms with E-state index in [-0.39, 0.29) is 17.5 Å². The highest BCUT2D eigenvalue weighted by Crippen LogP contribution is 2.40. The lowest BCUT2D eigenvalue weighted by atomic mass is 10.3. The normalized spacial score (nSPS) is 16.0. The molecule has 0 bridgehead atoms. The van der Waals surface area contributed by atoms with Crippen LogP contribution in [0.3, 0.4) is 0 Å². The summed E-state index contributed by atoms with van der Waals surface area (Å²) in [4.78, 5) is 12.0. The second-order valence-corrected chi connectivity index (χ2v) is 4.74. The fourth-order valence-electron chi connectivity index (χ4n) is 1.96. The Labute approximate surface area is 96.9 Å². The summed E-state index contributed by atoms with van der Waals surface area (Å²) in [5.41, 5.74) is 0.000376. The minimum atomic E-state index is -0.477. The Hall–Kier alpha value is -1.72. The first-order valence-electron chi connectivity index (χ1n) is 5.75. The summed E-state index contributed by atoms with van der Waals surface area (Å²) in [7, 11) is 0. The monoisotopic (exact) mass is 236 g/mol. The minimum Gasteiger partial charge on any atom is -0.265 e. The molecule has 0 aromatic carbocycles. The van der Waals surface area contributed by atoms with Gasteiger partial charge in [0.1, 0.15) is 12.0 Å². The van der Waals surface area contributed by atoms with Crippen LogP contribution in [0, 0.1) is 5.82 Å². The molecule has 5 nitrogen and oxygen atoms in total. The zero-order chi connectivity index (χ0) is 12.2. The predicted molar refractivity (Wildman–Crippen MR) is 59.6 cm³/mol. The van der Waals surface area contributed by atoms with Crippen LogP contribution < -0.4 is 5.56 Å². The largest absolute Gasteiger partial charge is 0.296 e. The molecular formula is C11H13FN4O. The Morgan fingerprint density at radius 3 is 2.76 bits per heavy atom. The summed E-state index contributed by atoms with van der Waals surface area (Å²) in [6.07, 6.45) is 3.30. The Kier molecular flexibility index (Phi) is 2.08. The van der Waals surface area contributed by atoms with E-state index in [1.165, 1.54) is 15.5 Å². The highest BCUT2D eigenvalue weighted by atomic mass is 19.1. The van der Waals surface area contributed by atoms with Gasteiger partial charge in [0.05, 0.1) is 6.04 Å². The van der Waals surface area contributed by atoms with E-state index < -0.39 is 11.4 Å². The first kappa shape index (κ1) is 10.4. The zero-order valence-electron chi connectivity index (χ0n) is 9.72. The lowest BCUT2D eigenvalue weighted by Gasteiger charge is -2.06. The highest BCUT2D eigenvalue weighted by molar-refractivity contribution is 5.48. The van der Waals surface area contributed by atoms with Crippen LogP contribution in [0.15, 0.2) is 11.1 Å². The van der Waals surface area contributed by atoms with Crippen molar-refractivity contribution in [2.24, 2.45) is 0 Å². The number of nitrogens with zero attached hydrogens (tertiary/aromatic N) is 4. The molecule has 0 N–H and O–H groups in total. The van der Waals surface area contributed by atoms with Gasteiger partial charge in [0.15, 0.2) is 11.3 Å². The molecule has 1 fully saturated rings. The molecule has 0 atom stereocenters. The number of rotatable bonds is 2. The first-order chi connectivity index (χ1) is 8.09. The van der Waals surface area contributed by atoms with Crippen molar-refractivity contribution >= 4 is 5.52 Å². The van der Waals surface area contributed by atoms with Crippen LogP contribution in [0.25, 0.3) is 5.52 Å². The molecule has 0 saturated heterocycles. The second kappa shape index (κ2) is 3.38. The van der Waals surface area contributed by atoms with Gasteiger partial charge in [-0.1, -0.05) is 0 Å². The van der Waals surface area contributed by atoms with Gasteiger partial charge < -0.3 is 0 Å². The van der Waals surface area contributed by atoms with Crippen molar-refractivity contribution in [1.29, 1.82) is 0 Å². The van der Waals surface area contributed by atoms with E-state index in [1.807, 2.05) is 13.8 Å². The van der Waals surface area contributed by atoms with Crippen molar-refractivity contribution in [3.05, 3.63) is 28.2 Å². The van der Waals surface area contributed by atoms with Crippen LogP contribution in [0.2, 0.25) is 0 Å². The van der Waals surface area contributed by atoms with E-state index in [0.29, 0.717) is 5.69 Å². The van der Waals surface area contributed by atoms with Crippen LogP contribution in [-0.2, 0) is 0 Å². The van der Waals surface area contributed by atoms with Crippen LogP contribution in [-0.4, -0.2) is 19.4 Å². The summed E-state index contributed by atoms with van der Waals surface area (Å²) in [6, 6.07) is -0.0915. The molecule has 6 heteroatoms. The maximum absolute atomic E-state index is 14.1. The molecule has 0 unspecified atom stereocenters. The average Bonchev–Trinajstić information content (AvgIpc) is 3.04. The van der Waals surface area contributed by atoms with E-state index in [2.05, 4.69) is 10.2 Å². The number of fused-ring (bicyclic) bond motifs is 1. The number of hydrogen-bond acceptors (Lipinski definition) is 3. The van der Waals surface area contributed by atoms with E-state index in [4.69, 9.17) is 0 Å². The van der Waals surface area contributed by atoms with Crippen molar-refractivity contribution < 1.29 is 4.39 Å². The van der Waals surface area contributed by atoms with E-state index in [1.54, 1.807) is 0 Å². The molecule has 0 aliphatic heterocycles. The Bertz CT molecular complexity index is 639. The summed E-state index contributed by atoms with van der Waals surface area (Å²) in [6.45, 7) is 3.67. The fourth-order valence-corrected chi connectivity index (χ4v) is 1.96. The molecular weight excluding hydrogens is 223 g/mol. The molecule has 2 heterocycles. The maximum atomic E-state index is 14.1. The fraction of sp³-hybridized carbons (Fsp3) is 0.545. The van der Waals surface area contributed by atoms with Gasteiger partial charge in [-0.15, -0.1) is 0 Å². The standard InChI is InChI=1S/C11H13FN4O/c1-6(2)16-11(17)10-8(12)9(7-3-4-7)14-15(10)5-13-16/h5-7H,3-4H2,1-2H3. The Morgan fingerprint density at radius 1 is 1.47 bits per heavy atom. The topological polar surface area (TPSA) is 52.2 Å². The maximum Gasteiger partial charge on any atom is 0.296 e. The molecule has 1 aliphatic rings. The van der Waals surface area contributed by atoms with Gasteiger partial charge in [0, 0.05) is 5.92 Å². The summed E-state index contributed by atoms with van der Waals surface area (Å²) in [5, 5.41) is 8.08. The van der Waals surface area contributed by atoms with Gasteiger partial charge in [0.25, 0.3) is 5.56 Å². The summed E-state index contributed by atoms with van der Waals surface area (Å²) in [5.74, 6) is -0.295. The van der Waals surface area contributed by atoms with Crippen LogP contribution >= 0.6 is 0 Å². The zero-order valence-corrected chi connectivity index (χ0v) is 9.72. The third kappa shape index (κ3) is 1.47. The van der Waals surface area contributed by atoms with Crippen LogP contribution in [0.4, 0.5) is 4.39 Å². The Balaban J connectivity index is 2.31. The van der Waals surface area contributed by atoms with E-state index >= 15 is 0 Å². The predicted octanol–water partition coefficient (Wildman–Crippen LogP) is 1.49. The molecule has 0 radical (unpaired) electrons. The lowest BCUT2D eigenvalue weighted by Crippen LogP contribution is -2.26. The molecule has 1 aliphatic carbocycles. The molecule has 0 spiro atoms. The van der Waals surface area contributed by atoms with Crippen molar-refractivity contribution in [3.8, 4) is 0 Å². The second-order valence-electron chi connectivity index (χ2n) is 4.74. The molecule has 1 saturated carbocycles. The average molecular weight is 236 g/mol. The van der Waals surface area contributed by atoms with Crippen molar-refractivity contribution in [3.63, 3.8) is 0 Å². The minimum absolute atomic E-state index is 0.00981. The lowest BCUT2D eigenvalue weighted by molar-refractivity contribution is 0.493. The quantitative estimate of drug-likeness (QED) is 0.793. The molecule has 0 amide bonds. The third-order valence-corrected chi connectivity index (χ3v) is 3.03. The first-order valence-corrected chi connectivity index (χ1v) is 5.75. The molecule has 17 heavy (non-hydrogen) atoms. The Morgan fingerprint density at radius 2 is 2.18 bits per heavy atom. The van der Waals surface area contributed by atoms with Crippen LogP contribution in [0.1, 0.15) is 44.3 Å². The van der Waals surface area contributed by atoms with Crippen molar-refractivity contribution in [2.75, 3.05) is 0 Å². The highest BCUT2D eigenvalue weighted by Gasteiger charge is 2.31. The van der Waals surface area contributed by atoms with Crippen molar-refractivity contribution in [2.45, 2.75) is 38.6 Å². The molecule has 3 rings (SSSR count). The molecule has 2 aromatic heterocycles. The van der Waals surface area contributed by atoms with Crippen LogP contribution in [0.5, 0.6) is 0 Å². The van der Waals surface area contributed by atoms with Gasteiger partial charge in [-0.2, -0.15) is 10.2 Å². The SMILES string of the molecule is CC(C)n1ncn2nc(C3CC3)c(F)c2c1=O. The van der Waals surface area contributed by atoms with Gasteiger partial charge in [-0.25, -0.2) is 13.6 Å². The smallest absolute Gasteiger partial charge is 0.265 e. The number of aromatic nitrogens is 4. The van der Waals surface area contributed by atoms with Gasteiger partial charge in [-0.3, -0.25) is 4.79 Å². The van der Waals surface area contributed by atoms with Gasteiger partial charge in [-0.05, 0) is 26.7 Å². The molecule has 2 aromatic rings. The van der Waals surface area contributed by atoms with E-state index in [0.717, 1.165) is 12.8 Å². The summed E-state index contributed by atoms with van der Waals surface area (Å²) >= 11 is 0. The van der Waals surface area contributed by atoms with E-state index in [9.17, 15) is 9.18 Å². The molecule has 90 valence electrons. The number of halogens is 1. The third-order valence-electron chi connectivity index (χ3n) is 3.03. The van der Waals surface area contributed by atoms with Crippen molar-refractivity contribution in [1.82, 2.24) is 19.4 Å². The van der Waals surface area contributed by atoms with Gasteiger partial charge in [0.2, 0.25) is 0 Å².